The molecule has 1 atom stereocenters. The lowest BCUT2D eigenvalue weighted by atomic mass is 10.2. The van der Waals surface area contributed by atoms with Crippen molar-refractivity contribution in [1.29, 1.82) is 0 Å². The van der Waals surface area contributed by atoms with E-state index in [2.05, 4.69) is 5.32 Å². The molecule has 3 aromatic rings. The molecule has 0 aliphatic carbocycles. The van der Waals surface area contributed by atoms with E-state index in [0.29, 0.717) is 16.3 Å². The number of hydrogen-bond acceptors (Lipinski definition) is 6. The predicted octanol–water partition coefficient (Wildman–Crippen LogP) is 3.74. The van der Waals surface area contributed by atoms with Crippen LogP contribution >= 0.6 is 22.7 Å². The number of amides is 4. The van der Waals surface area contributed by atoms with Gasteiger partial charge in [0.1, 0.15) is 6.04 Å². The van der Waals surface area contributed by atoms with E-state index in [1.54, 1.807) is 41.8 Å². The number of carbonyl (C=O) groups excluding carboxylic acids is 4. The Labute approximate surface area is 186 Å². The van der Waals surface area contributed by atoms with E-state index in [4.69, 9.17) is 0 Å². The Morgan fingerprint density at radius 1 is 1.06 bits per heavy atom. The average molecular weight is 454 g/mol. The summed E-state index contributed by atoms with van der Waals surface area (Å²) in [5.74, 6) is -1.27. The highest BCUT2D eigenvalue weighted by molar-refractivity contribution is 7.12. The monoisotopic (exact) mass is 453 g/mol. The molecular formula is C22H19N3O4S2. The Kier molecular flexibility index (Phi) is 5.97. The molecule has 1 aliphatic rings. The number of rotatable bonds is 6. The second-order valence-corrected chi connectivity index (χ2v) is 8.99. The van der Waals surface area contributed by atoms with Crippen molar-refractivity contribution in [3.63, 3.8) is 0 Å². The minimum absolute atomic E-state index is 0.0746. The number of carbonyl (C=O) groups is 4. The van der Waals surface area contributed by atoms with E-state index in [9.17, 15) is 19.2 Å². The van der Waals surface area contributed by atoms with E-state index in [1.807, 2.05) is 17.5 Å². The lowest BCUT2D eigenvalue weighted by Crippen LogP contribution is -2.44. The highest BCUT2D eigenvalue weighted by Crippen LogP contribution is 2.29. The number of anilines is 2. The van der Waals surface area contributed by atoms with Gasteiger partial charge in [0.15, 0.2) is 0 Å². The molecule has 1 unspecified atom stereocenters. The molecule has 0 radical (unpaired) electrons. The van der Waals surface area contributed by atoms with Crippen molar-refractivity contribution < 1.29 is 19.2 Å². The van der Waals surface area contributed by atoms with Crippen LogP contribution in [0.4, 0.5) is 11.4 Å². The molecule has 9 heteroatoms. The molecule has 4 rings (SSSR count). The first-order valence-corrected chi connectivity index (χ1v) is 11.3. The lowest BCUT2D eigenvalue weighted by molar-refractivity contribution is -0.122. The van der Waals surface area contributed by atoms with Gasteiger partial charge in [-0.15, -0.1) is 22.7 Å². The summed E-state index contributed by atoms with van der Waals surface area (Å²) in [6, 6.07) is 12.9. The standard InChI is InChI=1S/C22H19N3O4S2/c1-14(26)23-15-6-8-16(9-7-15)25-20(27)12-18(21(25)28)24(13-17-4-2-10-30-17)22(29)19-5-3-11-31-19/h2-11,18H,12-13H2,1H3,(H,23,26). The van der Waals surface area contributed by atoms with Crippen LogP contribution in [0.2, 0.25) is 0 Å². The first kappa shape index (κ1) is 21.0. The maximum absolute atomic E-state index is 13.3. The van der Waals surface area contributed by atoms with Gasteiger partial charge >= 0.3 is 0 Å². The summed E-state index contributed by atoms with van der Waals surface area (Å²) in [7, 11) is 0. The van der Waals surface area contributed by atoms with Crippen molar-refractivity contribution in [2.45, 2.75) is 25.9 Å². The third-order valence-electron chi connectivity index (χ3n) is 4.84. The fourth-order valence-corrected chi connectivity index (χ4v) is 4.85. The highest BCUT2D eigenvalue weighted by atomic mass is 32.1. The molecule has 1 aliphatic heterocycles. The lowest BCUT2D eigenvalue weighted by Gasteiger charge is -2.27. The zero-order valence-electron chi connectivity index (χ0n) is 16.6. The van der Waals surface area contributed by atoms with E-state index in [1.165, 1.54) is 34.5 Å². The normalized spacial score (nSPS) is 15.9. The third-order valence-corrected chi connectivity index (χ3v) is 6.56. The average Bonchev–Trinajstić information content (AvgIpc) is 3.49. The summed E-state index contributed by atoms with van der Waals surface area (Å²) in [4.78, 5) is 54.5. The van der Waals surface area contributed by atoms with Gasteiger partial charge in [-0.3, -0.25) is 19.2 Å². The van der Waals surface area contributed by atoms with Gasteiger partial charge in [0.25, 0.3) is 11.8 Å². The van der Waals surface area contributed by atoms with Crippen LogP contribution in [0.25, 0.3) is 0 Å². The van der Waals surface area contributed by atoms with E-state index in [-0.39, 0.29) is 30.7 Å². The topological polar surface area (TPSA) is 86.8 Å². The van der Waals surface area contributed by atoms with Crippen molar-refractivity contribution in [1.82, 2.24) is 4.90 Å². The molecule has 0 spiro atoms. The number of hydrogen-bond donors (Lipinski definition) is 1. The van der Waals surface area contributed by atoms with Crippen LogP contribution < -0.4 is 10.2 Å². The number of benzene rings is 1. The molecule has 1 N–H and O–H groups in total. The smallest absolute Gasteiger partial charge is 0.264 e. The van der Waals surface area contributed by atoms with Crippen molar-refractivity contribution >= 4 is 57.7 Å². The summed E-state index contributed by atoms with van der Waals surface area (Å²) >= 11 is 2.80. The Bertz CT molecular complexity index is 1110. The van der Waals surface area contributed by atoms with Gasteiger partial charge in [0.05, 0.1) is 23.5 Å². The van der Waals surface area contributed by atoms with Gasteiger partial charge in [-0.2, -0.15) is 0 Å². The minimum Gasteiger partial charge on any atom is -0.326 e. The molecule has 158 valence electrons. The van der Waals surface area contributed by atoms with Crippen molar-refractivity contribution in [2.75, 3.05) is 10.2 Å². The maximum atomic E-state index is 13.3. The maximum Gasteiger partial charge on any atom is 0.264 e. The predicted molar refractivity (Wildman–Crippen MR) is 120 cm³/mol. The Hall–Kier alpha value is -3.30. The van der Waals surface area contributed by atoms with E-state index < -0.39 is 11.9 Å². The van der Waals surface area contributed by atoms with Crippen LogP contribution in [0, 0.1) is 0 Å². The van der Waals surface area contributed by atoms with Crippen LogP contribution in [0.3, 0.4) is 0 Å². The summed E-state index contributed by atoms with van der Waals surface area (Å²) in [5.41, 5.74) is 0.977. The van der Waals surface area contributed by atoms with Gasteiger partial charge in [-0.05, 0) is 47.2 Å². The zero-order chi connectivity index (χ0) is 22.0. The Morgan fingerprint density at radius 2 is 1.77 bits per heavy atom. The van der Waals surface area contributed by atoms with Crippen LogP contribution in [0.5, 0.6) is 0 Å². The molecule has 31 heavy (non-hydrogen) atoms. The molecule has 1 saturated heterocycles. The minimum atomic E-state index is -0.876. The summed E-state index contributed by atoms with van der Waals surface area (Å²) in [5, 5.41) is 6.37. The van der Waals surface area contributed by atoms with Gasteiger partial charge < -0.3 is 10.2 Å². The number of nitrogens with one attached hydrogen (secondary N) is 1. The second-order valence-electron chi connectivity index (χ2n) is 7.01. The SMILES string of the molecule is CC(=O)Nc1ccc(N2C(=O)CC(N(Cc3cccs3)C(=O)c3cccs3)C2=O)cc1. The molecule has 0 bridgehead atoms. The Balaban J connectivity index is 1.61. The molecule has 1 fully saturated rings. The molecule has 2 aromatic heterocycles. The largest absolute Gasteiger partial charge is 0.326 e. The van der Waals surface area contributed by atoms with Gasteiger partial charge in [-0.1, -0.05) is 12.1 Å². The van der Waals surface area contributed by atoms with Crippen molar-refractivity contribution in [3.8, 4) is 0 Å². The van der Waals surface area contributed by atoms with Crippen LogP contribution in [0.15, 0.2) is 59.3 Å². The molecule has 7 nitrogen and oxygen atoms in total. The van der Waals surface area contributed by atoms with Crippen LogP contribution in [-0.2, 0) is 20.9 Å². The fourth-order valence-electron chi connectivity index (χ4n) is 3.46. The number of nitrogens with zero attached hydrogens (tertiary/aromatic N) is 2. The second kappa shape index (κ2) is 8.83. The quantitative estimate of drug-likeness (QED) is 0.576. The fraction of sp³-hybridized carbons (Fsp3) is 0.182. The van der Waals surface area contributed by atoms with Crippen molar-refractivity contribution in [3.05, 3.63) is 69.0 Å². The molecule has 4 amide bonds. The van der Waals surface area contributed by atoms with Gasteiger partial charge in [0.2, 0.25) is 11.8 Å². The highest BCUT2D eigenvalue weighted by Gasteiger charge is 2.44. The number of thiophene rings is 2. The summed E-state index contributed by atoms with van der Waals surface area (Å²) in [6.45, 7) is 1.66. The summed E-state index contributed by atoms with van der Waals surface area (Å²) in [6.07, 6.45) is -0.0746. The molecule has 0 saturated carbocycles. The number of imide groups is 1. The van der Waals surface area contributed by atoms with E-state index >= 15 is 0 Å². The molecule has 3 heterocycles. The first-order valence-electron chi connectivity index (χ1n) is 9.55. The molecular weight excluding hydrogens is 434 g/mol. The van der Waals surface area contributed by atoms with Gasteiger partial charge in [0, 0.05) is 17.5 Å². The zero-order valence-corrected chi connectivity index (χ0v) is 18.2. The van der Waals surface area contributed by atoms with E-state index in [0.717, 1.165) is 9.78 Å². The third kappa shape index (κ3) is 4.42. The first-order chi connectivity index (χ1) is 14.9. The van der Waals surface area contributed by atoms with Crippen LogP contribution in [-0.4, -0.2) is 34.6 Å². The van der Waals surface area contributed by atoms with Crippen LogP contribution in [0.1, 0.15) is 27.9 Å². The molecule has 1 aromatic carbocycles. The summed E-state index contributed by atoms with van der Waals surface area (Å²) < 4.78 is 0. The van der Waals surface area contributed by atoms with Gasteiger partial charge in [-0.25, -0.2) is 4.90 Å². The Morgan fingerprint density at radius 3 is 2.39 bits per heavy atom. The van der Waals surface area contributed by atoms with Crippen molar-refractivity contribution in [2.24, 2.45) is 0 Å².